The van der Waals surface area contributed by atoms with Gasteiger partial charge in [0.1, 0.15) is 6.04 Å². The third kappa shape index (κ3) is 4.30. The SMILES string of the molecule is Cc1nn(C(=O)[C@@H]2CCCN2S(=O)(=O)c2ccccc2)c(C)c1Sc1ccc(Cl)cc1. The molecule has 1 aliphatic heterocycles. The molecule has 0 N–H and O–H groups in total. The van der Waals surface area contributed by atoms with Gasteiger partial charge in [-0.05, 0) is 63.1 Å². The van der Waals surface area contributed by atoms with Crippen molar-refractivity contribution in [1.29, 1.82) is 0 Å². The first-order chi connectivity index (χ1) is 14.8. The van der Waals surface area contributed by atoms with Gasteiger partial charge in [-0.1, -0.05) is 41.6 Å². The average Bonchev–Trinajstić information content (AvgIpc) is 3.37. The molecule has 1 atom stereocenters. The van der Waals surface area contributed by atoms with E-state index in [4.69, 9.17) is 11.6 Å². The summed E-state index contributed by atoms with van der Waals surface area (Å²) in [5, 5.41) is 5.11. The molecule has 0 bridgehead atoms. The van der Waals surface area contributed by atoms with Crippen LogP contribution in [0.25, 0.3) is 0 Å². The van der Waals surface area contributed by atoms with E-state index in [9.17, 15) is 13.2 Å². The Morgan fingerprint density at radius 2 is 1.77 bits per heavy atom. The number of benzene rings is 2. The Balaban J connectivity index is 1.63. The second-order valence-electron chi connectivity index (χ2n) is 7.39. The van der Waals surface area contributed by atoms with Crippen LogP contribution in [0.15, 0.2) is 69.3 Å². The van der Waals surface area contributed by atoms with Gasteiger partial charge in [0.25, 0.3) is 5.91 Å². The molecule has 0 unspecified atom stereocenters. The van der Waals surface area contributed by atoms with Crippen molar-refractivity contribution in [3.8, 4) is 0 Å². The molecule has 9 heteroatoms. The third-order valence-corrected chi connectivity index (χ3v) is 8.78. The number of carbonyl (C=O) groups is 1. The molecule has 0 aliphatic carbocycles. The Kier molecular flexibility index (Phi) is 6.25. The number of rotatable bonds is 5. The lowest BCUT2D eigenvalue weighted by Gasteiger charge is -2.23. The van der Waals surface area contributed by atoms with E-state index in [0.29, 0.717) is 30.1 Å². The number of aromatic nitrogens is 2. The maximum Gasteiger partial charge on any atom is 0.265 e. The van der Waals surface area contributed by atoms with Gasteiger partial charge in [0.2, 0.25) is 10.0 Å². The maximum absolute atomic E-state index is 13.4. The molecule has 3 aromatic rings. The van der Waals surface area contributed by atoms with E-state index in [-0.39, 0.29) is 10.8 Å². The van der Waals surface area contributed by atoms with Crippen molar-refractivity contribution in [3.05, 3.63) is 71.0 Å². The van der Waals surface area contributed by atoms with Gasteiger partial charge in [-0.15, -0.1) is 0 Å². The van der Waals surface area contributed by atoms with E-state index in [1.807, 2.05) is 38.1 Å². The molecule has 1 saturated heterocycles. The summed E-state index contributed by atoms with van der Waals surface area (Å²) < 4.78 is 28.9. The lowest BCUT2D eigenvalue weighted by Crippen LogP contribution is -2.43. The van der Waals surface area contributed by atoms with Crippen molar-refractivity contribution >= 4 is 39.3 Å². The zero-order valence-corrected chi connectivity index (χ0v) is 19.5. The van der Waals surface area contributed by atoms with E-state index >= 15 is 0 Å². The van der Waals surface area contributed by atoms with Crippen LogP contribution < -0.4 is 0 Å². The van der Waals surface area contributed by atoms with Crippen LogP contribution in [0.4, 0.5) is 0 Å². The minimum Gasteiger partial charge on any atom is -0.271 e. The number of sulfonamides is 1. The molecule has 2 heterocycles. The number of hydrogen-bond donors (Lipinski definition) is 0. The van der Waals surface area contributed by atoms with Gasteiger partial charge >= 0.3 is 0 Å². The summed E-state index contributed by atoms with van der Waals surface area (Å²) in [5.74, 6) is -0.319. The second kappa shape index (κ2) is 8.78. The van der Waals surface area contributed by atoms with Crippen LogP contribution in [0.5, 0.6) is 0 Å². The Bertz CT molecular complexity index is 1210. The predicted octanol–water partition coefficient (Wildman–Crippen LogP) is 4.80. The number of aryl methyl sites for hydroxylation is 1. The predicted molar refractivity (Wildman–Crippen MR) is 121 cm³/mol. The highest BCUT2D eigenvalue weighted by atomic mass is 35.5. The molecule has 6 nitrogen and oxygen atoms in total. The van der Waals surface area contributed by atoms with Crippen LogP contribution in [0.1, 0.15) is 29.0 Å². The molecular weight excluding hydrogens is 454 g/mol. The molecule has 1 aromatic heterocycles. The summed E-state index contributed by atoms with van der Waals surface area (Å²) in [7, 11) is -3.76. The van der Waals surface area contributed by atoms with E-state index < -0.39 is 16.1 Å². The normalized spacial score (nSPS) is 17.2. The fourth-order valence-corrected chi connectivity index (χ4v) is 6.48. The monoisotopic (exact) mass is 475 g/mol. The zero-order valence-electron chi connectivity index (χ0n) is 17.2. The van der Waals surface area contributed by atoms with Crippen molar-refractivity contribution in [3.63, 3.8) is 0 Å². The van der Waals surface area contributed by atoms with Crippen LogP contribution >= 0.6 is 23.4 Å². The number of halogens is 1. The first-order valence-electron chi connectivity index (χ1n) is 9.90. The minimum atomic E-state index is -3.76. The smallest absolute Gasteiger partial charge is 0.265 e. The second-order valence-corrected chi connectivity index (χ2v) is 10.8. The summed E-state index contributed by atoms with van der Waals surface area (Å²) >= 11 is 7.47. The molecule has 0 spiro atoms. The van der Waals surface area contributed by atoms with Gasteiger partial charge in [0.15, 0.2) is 0 Å². The number of carbonyl (C=O) groups excluding carboxylic acids is 1. The minimum absolute atomic E-state index is 0.196. The molecule has 2 aromatic carbocycles. The van der Waals surface area contributed by atoms with E-state index in [1.165, 1.54) is 20.7 Å². The molecule has 162 valence electrons. The molecular formula is C22H22ClN3O3S2. The Morgan fingerprint density at radius 3 is 2.45 bits per heavy atom. The van der Waals surface area contributed by atoms with E-state index in [1.54, 1.807) is 30.3 Å². The molecule has 1 fully saturated rings. The van der Waals surface area contributed by atoms with Crippen LogP contribution in [-0.4, -0.2) is 41.0 Å². The third-order valence-electron chi connectivity index (χ3n) is 5.31. The highest BCUT2D eigenvalue weighted by Gasteiger charge is 2.41. The van der Waals surface area contributed by atoms with Gasteiger partial charge in [0, 0.05) is 16.5 Å². The van der Waals surface area contributed by atoms with Crippen molar-refractivity contribution < 1.29 is 13.2 Å². The fraction of sp³-hybridized carbons (Fsp3) is 0.273. The first-order valence-corrected chi connectivity index (χ1v) is 12.5. The Labute approximate surface area is 191 Å². The van der Waals surface area contributed by atoms with Gasteiger partial charge in [-0.2, -0.15) is 9.40 Å². The van der Waals surface area contributed by atoms with E-state index in [2.05, 4.69) is 5.10 Å². The van der Waals surface area contributed by atoms with Gasteiger partial charge in [0.05, 0.1) is 21.2 Å². The molecule has 0 amide bonds. The fourth-order valence-electron chi connectivity index (χ4n) is 3.75. The van der Waals surface area contributed by atoms with Crippen molar-refractivity contribution in [2.45, 2.75) is 47.4 Å². The van der Waals surface area contributed by atoms with Crippen LogP contribution in [0, 0.1) is 13.8 Å². The van der Waals surface area contributed by atoms with Crippen molar-refractivity contribution in [2.75, 3.05) is 6.54 Å². The zero-order chi connectivity index (χ0) is 22.2. The Morgan fingerprint density at radius 1 is 1.10 bits per heavy atom. The summed E-state index contributed by atoms with van der Waals surface area (Å²) in [6.07, 6.45) is 1.11. The molecule has 4 rings (SSSR count). The lowest BCUT2D eigenvalue weighted by atomic mass is 10.2. The summed E-state index contributed by atoms with van der Waals surface area (Å²) in [4.78, 5) is 15.4. The standard InChI is InChI=1S/C22H22ClN3O3S2/c1-15-21(30-18-12-10-17(23)11-13-18)16(2)26(24-15)22(27)20-9-6-14-25(20)31(28,29)19-7-4-3-5-8-19/h3-5,7-8,10-13,20H,6,9,14H2,1-2H3/t20-/m0/s1. The molecule has 0 saturated carbocycles. The van der Waals surface area contributed by atoms with Crippen LogP contribution in [-0.2, 0) is 10.0 Å². The van der Waals surface area contributed by atoms with Gasteiger partial charge < -0.3 is 0 Å². The largest absolute Gasteiger partial charge is 0.271 e. The summed E-state index contributed by atoms with van der Waals surface area (Å²) in [6.45, 7) is 4.00. The highest BCUT2D eigenvalue weighted by Crippen LogP contribution is 2.34. The lowest BCUT2D eigenvalue weighted by molar-refractivity contribution is 0.0813. The van der Waals surface area contributed by atoms with Crippen molar-refractivity contribution in [2.24, 2.45) is 0 Å². The molecule has 31 heavy (non-hydrogen) atoms. The van der Waals surface area contributed by atoms with Crippen LogP contribution in [0.3, 0.4) is 0 Å². The summed E-state index contributed by atoms with van der Waals surface area (Å²) in [6, 6.07) is 14.9. The highest BCUT2D eigenvalue weighted by molar-refractivity contribution is 7.99. The summed E-state index contributed by atoms with van der Waals surface area (Å²) in [5.41, 5.74) is 1.42. The quantitative estimate of drug-likeness (QED) is 0.530. The van der Waals surface area contributed by atoms with Gasteiger partial charge in [-0.25, -0.2) is 13.1 Å². The number of nitrogens with zero attached hydrogens (tertiary/aromatic N) is 3. The topological polar surface area (TPSA) is 72.3 Å². The maximum atomic E-state index is 13.4. The van der Waals surface area contributed by atoms with Gasteiger partial charge in [-0.3, -0.25) is 4.79 Å². The average molecular weight is 476 g/mol. The van der Waals surface area contributed by atoms with E-state index in [0.717, 1.165) is 15.5 Å². The Hall–Kier alpha value is -2.13. The van der Waals surface area contributed by atoms with Crippen molar-refractivity contribution in [1.82, 2.24) is 14.1 Å². The molecule has 1 aliphatic rings. The van der Waals surface area contributed by atoms with Crippen LogP contribution in [0.2, 0.25) is 5.02 Å². The molecule has 0 radical (unpaired) electrons. The first kappa shape index (κ1) is 22.1. The number of hydrogen-bond acceptors (Lipinski definition) is 5.